The molecule has 6 nitrogen and oxygen atoms in total. The molecule has 1 heterocycles. The molecule has 0 saturated carbocycles. The Balaban J connectivity index is 1.87. The van der Waals surface area contributed by atoms with Crippen molar-refractivity contribution in [3.8, 4) is 5.75 Å². The van der Waals surface area contributed by atoms with Gasteiger partial charge in [-0.05, 0) is 36.8 Å². The molecule has 0 radical (unpaired) electrons. The first-order valence-corrected chi connectivity index (χ1v) is 10.3. The fraction of sp³-hybridized carbons (Fsp3) is 0.278. The average Bonchev–Trinajstić information content (AvgIpc) is 2.78. The van der Waals surface area contributed by atoms with E-state index in [2.05, 4.69) is 5.32 Å². The predicted octanol–water partition coefficient (Wildman–Crippen LogP) is 3.20. The molecule has 2 aromatic rings. The van der Waals surface area contributed by atoms with Gasteiger partial charge in [-0.2, -0.15) is 0 Å². The Labute approximate surface area is 157 Å². The van der Waals surface area contributed by atoms with E-state index in [0.717, 1.165) is 11.8 Å². The molecule has 1 amide bonds. The molecule has 26 heavy (non-hydrogen) atoms. The van der Waals surface area contributed by atoms with E-state index >= 15 is 0 Å². The number of nitrogens with one attached hydrogen (secondary N) is 1. The number of para-hydroxylation sites is 2. The summed E-state index contributed by atoms with van der Waals surface area (Å²) in [5.74, 6) is 0.0129. The second kappa shape index (κ2) is 7.17. The van der Waals surface area contributed by atoms with Crippen molar-refractivity contribution in [1.82, 2.24) is 0 Å². The van der Waals surface area contributed by atoms with Crippen molar-refractivity contribution in [1.29, 1.82) is 0 Å². The fourth-order valence-electron chi connectivity index (χ4n) is 2.82. The van der Waals surface area contributed by atoms with Gasteiger partial charge in [0.25, 0.3) is 5.91 Å². The molecule has 0 aromatic heterocycles. The third kappa shape index (κ3) is 3.78. The molecule has 3 rings (SSSR count). The summed E-state index contributed by atoms with van der Waals surface area (Å²) in [6.07, 6.45) is 0.550. The number of hydrogen-bond donors (Lipinski definition) is 1. The van der Waals surface area contributed by atoms with Gasteiger partial charge in [-0.3, -0.25) is 9.10 Å². The average molecular weight is 395 g/mol. The SMILES string of the molecule is Cc1c(Cl)cccc1NC(=O)[C@@H]1CCN(S(C)(=O)=O)c2ccccc2O1. The van der Waals surface area contributed by atoms with Crippen LogP contribution in [0.3, 0.4) is 0 Å². The lowest BCUT2D eigenvalue weighted by Crippen LogP contribution is -2.36. The van der Waals surface area contributed by atoms with E-state index in [0.29, 0.717) is 22.1 Å². The number of halogens is 1. The number of carbonyl (C=O) groups is 1. The Morgan fingerprint density at radius 3 is 2.69 bits per heavy atom. The number of carbonyl (C=O) groups excluding carboxylic acids is 1. The highest BCUT2D eigenvalue weighted by atomic mass is 35.5. The van der Waals surface area contributed by atoms with Crippen molar-refractivity contribution in [2.24, 2.45) is 0 Å². The highest BCUT2D eigenvalue weighted by Crippen LogP contribution is 2.34. The standard InChI is InChI=1S/C18H19ClN2O4S/c1-12-13(19)6-5-7-14(12)20-18(22)17-10-11-21(26(2,23)24)15-8-3-4-9-16(15)25-17/h3-9,17H,10-11H2,1-2H3,(H,20,22)/t17-/m0/s1. The Kier molecular flexibility index (Phi) is 5.11. The summed E-state index contributed by atoms with van der Waals surface area (Å²) < 4.78 is 31.3. The van der Waals surface area contributed by atoms with Gasteiger partial charge in [0.05, 0.1) is 11.9 Å². The second-order valence-corrected chi connectivity index (χ2v) is 8.41. The summed E-state index contributed by atoms with van der Waals surface area (Å²) in [7, 11) is -3.48. The molecule has 0 saturated heterocycles. The normalized spacial score (nSPS) is 17.0. The van der Waals surface area contributed by atoms with Gasteiger partial charge in [0.1, 0.15) is 5.75 Å². The summed E-state index contributed by atoms with van der Waals surface area (Å²) >= 11 is 6.09. The first kappa shape index (κ1) is 18.5. The Morgan fingerprint density at radius 1 is 1.23 bits per heavy atom. The molecule has 8 heteroatoms. The van der Waals surface area contributed by atoms with Crippen LogP contribution in [0.1, 0.15) is 12.0 Å². The van der Waals surface area contributed by atoms with Gasteiger partial charge in [0.15, 0.2) is 6.10 Å². The van der Waals surface area contributed by atoms with Crippen molar-refractivity contribution in [3.63, 3.8) is 0 Å². The molecule has 1 aliphatic rings. The van der Waals surface area contributed by atoms with Crippen LogP contribution in [-0.4, -0.2) is 33.2 Å². The van der Waals surface area contributed by atoms with Crippen molar-refractivity contribution >= 4 is 38.9 Å². The predicted molar refractivity (Wildman–Crippen MR) is 102 cm³/mol. The van der Waals surface area contributed by atoms with Crippen LogP contribution in [0.25, 0.3) is 0 Å². The zero-order chi connectivity index (χ0) is 18.9. The molecule has 1 atom stereocenters. The highest BCUT2D eigenvalue weighted by Gasteiger charge is 2.31. The van der Waals surface area contributed by atoms with Crippen LogP contribution in [0.4, 0.5) is 11.4 Å². The van der Waals surface area contributed by atoms with E-state index in [1.165, 1.54) is 4.31 Å². The number of sulfonamides is 1. The first-order valence-electron chi connectivity index (χ1n) is 8.07. The van der Waals surface area contributed by atoms with Gasteiger partial charge < -0.3 is 10.1 Å². The number of ether oxygens (including phenoxy) is 1. The van der Waals surface area contributed by atoms with Crippen LogP contribution in [0.2, 0.25) is 5.02 Å². The van der Waals surface area contributed by atoms with E-state index in [4.69, 9.17) is 16.3 Å². The van der Waals surface area contributed by atoms with Crippen molar-refractivity contribution in [3.05, 3.63) is 53.1 Å². The molecule has 1 aliphatic heterocycles. The van der Waals surface area contributed by atoms with Gasteiger partial charge in [0, 0.05) is 23.7 Å². The maximum absolute atomic E-state index is 12.7. The topological polar surface area (TPSA) is 75.7 Å². The molecule has 2 aromatic carbocycles. The van der Waals surface area contributed by atoms with Crippen molar-refractivity contribution in [2.75, 3.05) is 22.4 Å². The maximum atomic E-state index is 12.7. The lowest BCUT2D eigenvalue weighted by molar-refractivity contribution is -0.122. The molecular weight excluding hydrogens is 376 g/mol. The Morgan fingerprint density at radius 2 is 1.96 bits per heavy atom. The summed E-state index contributed by atoms with van der Waals surface area (Å²) in [4.78, 5) is 12.7. The zero-order valence-corrected chi connectivity index (χ0v) is 16.0. The lowest BCUT2D eigenvalue weighted by Gasteiger charge is -2.20. The molecular formula is C18H19ClN2O4S. The van der Waals surface area contributed by atoms with Gasteiger partial charge in [0.2, 0.25) is 10.0 Å². The monoisotopic (exact) mass is 394 g/mol. The third-order valence-electron chi connectivity index (χ3n) is 4.22. The molecule has 0 aliphatic carbocycles. The summed E-state index contributed by atoms with van der Waals surface area (Å²) in [5.41, 5.74) is 1.79. The molecule has 0 unspecified atom stereocenters. The summed E-state index contributed by atoms with van der Waals surface area (Å²) in [6, 6.07) is 12.0. The number of rotatable bonds is 3. The van der Waals surface area contributed by atoms with Crippen LogP contribution >= 0.6 is 11.6 Å². The smallest absolute Gasteiger partial charge is 0.265 e. The van der Waals surface area contributed by atoms with E-state index < -0.39 is 16.1 Å². The molecule has 1 N–H and O–H groups in total. The lowest BCUT2D eigenvalue weighted by atomic mass is 10.1. The summed E-state index contributed by atoms with van der Waals surface area (Å²) in [5, 5.41) is 3.37. The van der Waals surface area contributed by atoms with Crippen LogP contribution in [0, 0.1) is 6.92 Å². The van der Waals surface area contributed by atoms with Gasteiger partial charge >= 0.3 is 0 Å². The van der Waals surface area contributed by atoms with E-state index in [1.54, 1.807) is 42.5 Å². The third-order valence-corrected chi connectivity index (χ3v) is 5.81. The minimum absolute atomic E-state index is 0.155. The van der Waals surface area contributed by atoms with Crippen LogP contribution < -0.4 is 14.4 Å². The van der Waals surface area contributed by atoms with E-state index in [9.17, 15) is 13.2 Å². The van der Waals surface area contributed by atoms with E-state index in [-0.39, 0.29) is 18.9 Å². The van der Waals surface area contributed by atoms with Crippen LogP contribution in [0.5, 0.6) is 5.75 Å². The van der Waals surface area contributed by atoms with Crippen LogP contribution in [0.15, 0.2) is 42.5 Å². The number of fused-ring (bicyclic) bond motifs is 1. The zero-order valence-electron chi connectivity index (χ0n) is 14.4. The van der Waals surface area contributed by atoms with Crippen molar-refractivity contribution in [2.45, 2.75) is 19.4 Å². The second-order valence-electron chi connectivity index (χ2n) is 6.10. The molecule has 0 bridgehead atoms. The largest absolute Gasteiger partial charge is 0.478 e. The highest BCUT2D eigenvalue weighted by molar-refractivity contribution is 7.92. The maximum Gasteiger partial charge on any atom is 0.265 e. The van der Waals surface area contributed by atoms with Crippen LogP contribution in [-0.2, 0) is 14.8 Å². The van der Waals surface area contributed by atoms with Gasteiger partial charge in [-0.1, -0.05) is 29.8 Å². The number of nitrogens with zero attached hydrogens (tertiary/aromatic N) is 1. The van der Waals surface area contributed by atoms with Gasteiger partial charge in [-0.15, -0.1) is 0 Å². The number of hydrogen-bond acceptors (Lipinski definition) is 4. The first-order chi connectivity index (χ1) is 12.3. The number of amides is 1. The molecule has 138 valence electrons. The fourth-order valence-corrected chi connectivity index (χ4v) is 3.93. The molecule has 0 spiro atoms. The Hall–Kier alpha value is -2.25. The minimum Gasteiger partial charge on any atom is -0.478 e. The minimum atomic E-state index is -3.48. The van der Waals surface area contributed by atoms with Gasteiger partial charge in [-0.25, -0.2) is 8.42 Å². The number of benzene rings is 2. The summed E-state index contributed by atoms with van der Waals surface area (Å²) in [6.45, 7) is 1.97. The van der Waals surface area contributed by atoms with E-state index in [1.807, 2.05) is 6.92 Å². The van der Waals surface area contributed by atoms with Crippen molar-refractivity contribution < 1.29 is 17.9 Å². The molecule has 0 fully saturated rings. The number of anilines is 2. The Bertz CT molecular complexity index is 946. The quantitative estimate of drug-likeness (QED) is 0.867.